The third-order valence-corrected chi connectivity index (χ3v) is 2.02. The summed E-state index contributed by atoms with van der Waals surface area (Å²) in [5, 5.41) is 2.78. The van der Waals surface area contributed by atoms with Gasteiger partial charge in [0, 0.05) is 18.5 Å². The first kappa shape index (κ1) is 12.2. The molecule has 0 aromatic rings. The molecule has 76 valence electrons. The molecular formula is C10H20N2O. The average molecular weight is 184 g/mol. The molecule has 0 bridgehead atoms. The molecule has 0 fully saturated rings. The molecule has 0 aromatic carbocycles. The summed E-state index contributed by atoms with van der Waals surface area (Å²) in [6.45, 7) is 9.48. The lowest BCUT2D eigenvalue weighted by Crippen LogP contribution is -2.37. The van der Waals surface area contributed by atoms with Crippen molar-refractivity contribution in [3.05, 3.63) is 12.7 Å². The van der Waals surface area contributed by atoms with Crippen LogP contribution in [0, 0.1) is 5.92 Å². The number of hydrogen-bond acceptors (Lipinski definition) is 2. The van der Waals surface area contributed by atoms with Gasteiger partial charge in [0.25, 0.3) is 0 Å². The Morgan fingerprint density at radius 3 is 2.46 bits per heavy atom. The number of nitrogens with one attached hydrogen (secondary N) is 1. The molecular weight excluding hydrogens is 164 g/mol. The van der Waals surface area contributed by atoms with E-state index >= 15 is 0 Å². The Bertz CT molecular complexity index is 178. The molecule has 0 rings (SSSR count). The highest BCUT2D eigenvalue weighted by Crippen LogP contribution is 2.02. The molecule has 0 radical (unpaired) electrons. The standard InChI is InChI=1S/C10H20N2O/c1-5-8(4)12-10(13)6-9(11)7(2)3/h5,7-9H,1,6,11H2,2-4H3,(H,12,13). The first-order chi connectivity index (χ1) is 5.97. The Kier molecular flexibility index (Phi) is 5.39. The SMILES string of the molecule is C=CC(C)NC(=O)CC(N)C(C)C. The van der Waals surface area contributed by atoms with Gasteiger partial charge >= 0.3 is 0 Å². The molecule has 0 aromatic heterocycles. The molecule has 0 spiro atoms. The molecule has 0 heterocycles. The Morgan fingerprint density at radius 1 is 1.54 bits per heavy atom. The minimum Gasteiger partial charge on any atom is -0.350 e. The Labute approximate surface area is 80.4 Å². The first-order valence-electron chi connectivity index (χ1n) is 4.64. The van der Waals surface area contributed by atoms with Crippen molar-refractivity contribution in [2.75, 3.05) is 0 Å². The van der Waals surface area contributed by atoms with Crippen molar-refractivity contribution < 1.29 is 4.79 Å². The molecule has 0 saturated heterocycles. The summed E-state index contributed by atoms with van der Waals surface area (Å²) in [7, 11) is 0. The smallest absolute Gasteiger partial charge is 0.222 e. The minimum atomic E-state index is -0.0583. The predicted octanol–water partition coefficient (Wildman–Crippen LogP) is 1.05. The summed E-state index contributed by atoms with van der Waals surface area (Å²) in [6.07, 6.45) is 2.08. The zero-order valence-corrected chi connectivity index (χ0v) is 8.71. The normalized spacial score (nSPS) is 15.2. The fraction of sp³-hybridized carbons (Fsp3) is 0.700. The van der Waals surface area contributed by atoms with Crippen LogP contribution in [0.2, 0.25) is 0 Å². The van der Waals surface area contributed by atoms with E-state index in [-0.39, 0.29) is 18.0 Å². The van der Waals surface area contributed by atoms with Crippen LogP contribution in [-0.4, -0.2) is 18.0 Å². The molecule has 2 unspecified atom stereocenters. The number of hydrogen-bond donors (Lipinski definition) is 2. The fourth-order valence-corrected chi connectivity index (χ4v) is 0.822. The second kappa shape index (κ2) is 5.75. The van der Waals surface area contributed by atoms with Gasteiger partial charge in [-0.3, -0.25) is 4.79 Å². The Morgan fingerprint density at radius 2 is 2.08 bits per heavy atom. The lowest BCUT2D eigenvalue weighted by Gasteiger charge is -2.16. The molecule has 13 heavy (non-hydrogen) atoms. The zero-order chi connectivity index (χ0) is 10.4. The largest absolute Gasteiger partial charge is 0.350 e. The molecule has 0 aliphatic rings. The minimum absolute atomic E-state index is 0.00593. The summed E-state index contributed by atoms with van der Waals surface area (Å²) < 4.78 is 0. The molecule has 0 aliphatic heterocycles. The van der Waals surface area contributed by atoms with E-state index in [4.69, 9.17) is 5.73 Å². The van der Waals surface area contributed by atoms with Crippen LogP contribution in [0.15, 0.2) is 12.7 Å². The van der Waals surface area contributed by atoms with E-state index in [2.05, 4.69) is 11.9 Å². The molecule has 3 N–H and O–H groups in total. The zero-order valence-electron chi connectivity index (χ0n) is 8.71. The van der Waals surface area contributed by atoms with Crippen molar-refractivity contribution in [2.45, 2.75) is 39.3 Å². The summed E-state index contributed by atoms with van der Waals surface area (Å²) in [5.74, 6) is 0.332. The number of rotatable bonds is 5. The van der Waals surface area contributed by atoms with Crippen LogP contribution in [0.1, 0.15) is 27.2 Å². The second-order valence-corrected chi connectivity index (χ2v) is 3.70. The van der Waals surface area contributed by atoms with Crippen LogP contribution in [0.25, 0.3) is 0 Å². The van der Waals surface area contributed by atoms with E-state index in [9.17, 15) is 4.79 Å². The average Bonchev–Trinajstić information content (AvgIpc) is 2.03. The maximum Gasteiger partial charge on any atom is 0.222 e. The van der Waals surface area contributed by atoms with Crippen molar-refractivity contribution in [3.8, 4) is 0 Å². The van der Waals surface area contributed by atoms with Crippen LogP contribution in [-0.2, 0) is 4.79 Å². The maximum absolute atomic E-state index is 11.3. The van der Waals surface area contributed by atoms with Gasteiger partial charge in [0.15, 0.2) is 0 Å². The molecule has 3 heteroatoms. The van der Waals surface area contributed by atoms with E-state index < -0.39 is 0 Å². The third kappa shape index (κ3) is 5.42. The summed E-state index contributed by atoms with van der Waals surface area (Å²) >= 11 is 0. The van der Waals surface area contributed by atoms with Gasteiger partial charge in [-0.15, -0.1) is 6.58 Å². The van der Waals surface area contributed by atoms with Gasteiger partial charge in [-0.2, -0.15) is 0 Å². The molecule has 2 atom stereocenters. The maximum atomic E-state index is 11.3. The van der Waals surface area contributed by atoms with Gasteiger partial charge < -0.3 is 11.1 Å². The van der Waals surface area contributed by atoms with Crippen LogP contribution < -0.4 is 11.1 Å². The molecule has 3 nitrogen and oxygen atoms in total. The highest BCUT2D eigenvalue weighted by molar-refractivity contribution is 5.77. The van der Waals surface area contributed by atoms with E-state index in [0.29, 0.717) is 12.3 Å². The lowest BCUT2D eigenvalue weighted by molar-refractivity contribution is -0.121. The van der Waals surface area contributed by atoms with Crippen molar-refractivity contribution in [2.24, 2.45) is 11.7 Å². The van der Waals surface area contributed by atoms with E-state index in [1.165, 1.54) is 0 Å². The van der Waals surface area contributed by atoms with Gasteiger partial charge in [0.05, 0.1) is 0 Å². The third-order valence-electron chi connectivity index (χ3n) is 2.02. The Hall–Kier alpha value is -0.830. The van der Waals surface area contributed by atoms with Crippen molar-refractivity contribution in [1.29, 1.82) is 0 Å². The number of nitrogens with two attached hydrogens (primary N) is 1. The monoisotopic (exact) mass is 184 g/mol. The van der Waals surface area contributed by atoms with E-state index in [1.54, 1.807) is 6.08 Å². The van der Waals surface area contributed by atoms with Crippen LogP contribution in [0.3, 0.4) is 0 Å². The van der Waals surface area contributed by atoms with Gasteiger partial charge in [-0.25, -0.2) is 0 Å². The molecule has 1 amide bonds. The Balaban J connectivity index is 3.80. The van der Waals surface area contributed by atoms with Crippen LogP contribution in [0.5, 0.6) is 0 Å². The van der Waals surface area contributed by atoms with Gasteiger partial charge in [-0.1, -0.05) is 19.9 Å². The van der Waals surface area contributed by atoms with Gasteiger partial charge in [-0.05, 0) is 12.8 Å². The summed E-state index contributed by atoms with van der Waals surface area (Å²) in [6, 6.07) is -0.0381. The quantitative estimate of drug-likeness (QED) is 0.627. The summed E-state index contributed by atoms with van der Waals surface area (Å²) in [5.41, 5.74) is 5.75. The second-order valence-electron chi connectivity index (χ2n) is 3.70. The number of carbonyl (C=O) groups is 1. The van der Waals surface area contributed by atoms with Crippen molar-refractivity contribution >= 4 is 5.91 Å². The summed E-state index contributed by atoms with van der Waals surface area (Å²) in [4.78, 5) is 11.3. The van der Waals surface area contributed by atoms with E-state index in [0.717, 1.165) is 0 Å². The van der Waals surface area contributed by atoms with Crippen molar-refractivity contribution in [1.82, 2.24) is 5.32 Å². The van der Waals surface area contributed by atoms with Crippen molar-refractivity contribution in [3.63, 3.8) is 0 Å². The number of amides is 1. The molecule has 0 saturated carbocycles. The van der Waals surface area contributed by atoms with E-state index in [1.807, 2.05) is 20.8 Å². The van der Waals surface area contributed by atoms with Crippen LogP contribution in [0.4, 0.5) is 0 Å². The highest BCUT2D eigenvalue weighted by Gasteiger charge is 2.13. The van der Waals surface area contributed by atoms with Gasteiger partial charge in [0.2, 0.25) is 5.91 Å². The first-order valence-corrected chi connectivity index (χ1v) is 4.64. The fourth-order valence-electron chi connectivity index (χ4n) is 0.822. The van der Waals surface area contributed by atoms with Gasteiger partial charge in [0.1, 0.15) is 0 Å². The predicted molar refractivity (Wildman–Crippen MR) is 55.2 cm³/mol. The van der Waals surface area contributed by atoms with Crippen LogP contribution >= 0.6 is 0 Å². The number of carbonyl (C=O) groups excluding carboxylic acids is 1. The lowest BCUT2D eigenvalue weighted by atomic mass is 10.0. The highest BCUT2D eigenvalue weighted by atomic mass is 16.1. The topological polar surface area (TPSA) is 55.1 Å². The molecule has 0 aliphatic carbocycles.